The molecule has 0 N–H and O–H groups in total. The number of unbranched alkanes of at least 4 members (excludes halogenated alkanes) is 29. The fraction of sp³-hybridized carbons (Fsp3) is 0.978. The third-order valence-electron chi connectivity index (χ3n) is 11.1. The number of hydrogen-bond donors (Lipinski definition) is 0. The first-order chi connectivity index (χ1) is 24.5. The van der Waals surface area contributed by atoms with E-state index in [4.69, 9.17) is 4.74 Å². The molecule has 0 aromatic heterocycles. The Balaban J connectivity index is 5.03. The predicted octanol–water partition coefficient (Wildman–Crippen LogP) is 17.2. The van der Waals surface area contributed by atoms with Crippen LogP contribution in [0, 0.1) is 5.92 Å². The normalized spacial score (nSPS) is 12.0. The van der Waals surface area contributed by atoms with Gasteiger partial charge in [0.15, 0.2) is 0 Å². The van der Waals surface area contributed by atoms with Crippen LogP contribution in [0.2, 0.25) is 13.3 Å². The number of carbonyl (C=O) groups excluding carboxylic acids is 1. The van der Waals surface area contributed by atoms with E-state index >= 15 is 0 Å². The second-order valence-electron chi connectivity index (χ2n) is 16.7. The average Bonchev–Trinajstić information content (AvgIpc) is 3.11. The second-order valence-corrected chi connectivity index (χ2v) is 36.6. The average molecular weight is 830 g/mol. The van der Waals surface area contributed by atoms with Crippen molar-refractivity contribution in [2.45, 2.75) is 266 Å². The number of carbonyl (C=O) groups is 1. The first kappa shape index (κ1) is 50.6. The van der Waals surface area contributed by atoms with E-state index < -0.39 is 17.0 Å². The van der Waals surface area contributed by atoms with Gasteiger partial charge in [0.1, 0.15) is 0 Å². The predicted molar refractivity (Wildman–Crippen MR) is 232 cm³/mol. The van der Waals surface area contributed by atoms with Crippen LogP contribution in [-0.4, -0.2) is 35.3 Å². The fourth-order valence-corrected chi connectivity index (χ4v) is 28.6. The summed E-state index contributed by atoms with van der Waals surface area (Å²) in [6.07, 6.45) is 47.5. The van der Waals surface area contributed by atoms with E-state index in [1.54, 1.807) is 0 Å². The zero-order chi connectivity index (χ0) is 36.6. The molecule has 2 nitrogen and oxygen atoms in total. The van der Waals surface area contributed by atoms with Crippen LogP contribution in [0.25, 0.3) is 0 Å². The van der Waals surface area contributed by atoms with Gasteiger partial charge in [-0.2, -0.15) is 0 Å². The third-order valence-corrected chi connectivity index (χ3v) is 33.6. The van der Waals surface area contributed by atoms with Crippen LogP contribution in [-0.2, 0) is 9.53 Å². The van der Waals surface area contributed by atoms with Crippen LogP contribution in [0.15, 0.2) is 0 Å². The van der Waals surface area contributed by atoms with Crippen molar-refractivity contribution in [1.82, 2.24) is 0 Å². The second kappa shape index (κ2) is 40.8. The molecular formula is C46H94O2SSn. The zero-order valence-corrected chi connectivity index (χ0v) is 39.0. The maximum atomic E-state index is 13.0. The minimum atomic E-state index is -2.53. The van der Waals surface area contributed by atoms with Crippen molar-refractivity contribution in [2.75, 3.05) is 12.4 Å². The Morgan fingerprint density at radius 3 is 1.06 bits per heavy atom. The molecule has 0 spiro atoms. The van der Waals surface area contributed by atoms with Gasteiger partial charge in [0, 0.05) is 0 Å². The third kappa shape index (κ3) is 37.0. The molecule has 0 saturated heterocycles. The quantitative estimate of drug-likeness (QED) is 0.0348. The van der Waals surface area contributed by atoms with E-state index in [2.05, 4.69) is 43.6 Å². The number of esters is 1. The van der Waals surface area contributed by atoms with Crippen molar-refractivity contribution < 1.29 is 9.53 Å². The Labute approximate surface area is 324 Å². The van der Waals surface area contributed by atoms with Crippen molar-refractivity contribution in [1.29, 1.82) is 0 Å². The van der Waals surface area contributed by atoms with E-state index in [1.165, 1.54) is 225 Å². The van der Waals surface area contributed by atoms with E-state index in [-0.39, 0.29) is 5.97 Å². The van der Waals surface area contributed by atoms with Crippen molar-refractivity contribution in [3.63, 3.8) is 0 Å². The summed E-state index contributed by atoms with van der Waals surface area (Å²) in [7, 11) is 2.22. The van der Waals surface area contributed by atoms with Gasteiger partial charge in [-0.3, -0.25) is 0 Å². The van der Waals surface area contributed by atoms with Crippen LogP contribution >= 0.6 is 8.95 Å². The van der Waals surface area contributed by atoms with Crippen molar-refractivity contribution in [3.05, 3.63) is 0 Å². The number of hydrogen-bond acceptors (Lipinski definition) is 3. The van der Waals surface area contributed by atoms with Gasteiger partial charge in [0.25, 0.3) is 0 Å². The molecule has 0 heterocycles. The summed E-state index contributed by atoms with van der Waals surface area (Å²) < 4.78 is 10.4. The van der Waals surface area contributed by atoms with Gasteiger partial charge in [-0.1, -0.05) is 0 Å². The van der Waals surface area contributed by atoms with Crippen LogP contribution in [0.3, 0.4) is 0 Å². The molecule has 0 bridgehead atoms. The van der Waals surface area contributed by atoms with Crippen LogP contribution < -0.4 is 0 Å². The number of ether oxygens (including phenoxy) is 1. The minimum absolute atomic E-state index is 0.0918. The summed E-state index contributed by atoms with van der Waals surface area (Å²) in [4.78, 5) is 13.0. The molecule has 0 aromatic rings. The number of rotatable bonds is 42. The van der Waals surface area contributed by atoms with Gasteiger partial charge in [-0.25, -0.2) is 0 Å². The van der Waals surface area contributed by atoms with Gasteiger partial charge < -0.3 is 0 Å². The molecule has 4 heteroatoms. The Kier molecular flexibility index (Phi) is 41.3. The first-order valence-corrected chi connectivity index (χ1v) is 33.8. The molecule has 0 amide bonds. The Morgan fingerprint density at radius 1 is 0.440 bits per heavy atom. The Hall–Kier alpha value is 0.619. The molecule has 0 unspecified atom stereocenters. The SMILES string of the molecule is CCCCCCCCCCC[CH2][Sn]([CH2]CCCCCCCCCCC)([CH2]CCCCCCCCCCC)[S]CC(=O)OCCCCCC(C)C. The van der Waals surface area contributed by atoms with Gasteiger partial charge in [-0.05, 0) is 0 Å². The standard InChI is InChI=1S/3C12H25.C10H20O2S.Sn/c3*1-3-5-7-9-11-12-10-8-6-4-2;1-9(2)6-4-3-5-7-12-10(11)8-13;/h3*1,3-12H2,2H3;9,13H,3-8H2,1-2H3;/q;;;;+1/p-1. The molecule has 300 valence electrons. The van der Waals surface area contributed by atoms with Gasteiger partial charge in [0.05, 0.1) is 0 Å². The van der Waals surface area contributed by atoms with Crippen LogP contribution in [0.4, 0.5) is 0 Å². The maximum absolute atomic E-state index is 13.0. The summed E-state index contributed by atoms with van der Waals surface area (Å²) in [5.41, 5.74) is 0. The molecule has 0 atom stereocenters. The summed E-state index contributed by atoms with van der Waals surface area (Å²) in [6.45, 7) is 12.2. The molecule has 0 saturated carbocycles. The van der Waals surface area contributed by atoms with Crippen LogP contribution in [0.5, 0.6) is 0 Å². The summed E-state index contributed by atoms with van der Waals surface area (Å²) in [5.74, 6) is 1.51. The Bertz CT molecular complexity index is 609. The monoisotopic (exact) mass is 831 g/mol. The molecule has 0 aliphatic rings. The van der Waals surface area contributed by atoms with Crippen LogP contribution in [0.1, 0.15) is 253 Å². The summed E-state index contributed by atoms with van der Waals surface area (Å²) in [6, 6.07) is 0. The summed E-state index contributed by atoms with van der Waals surface area (Å²) in [5, 5.41) is 0. The molecule has 0 aliphatic carbocycles. The van der Waals surface area contributed by atoms with Crippen molar-refractivity contribution in [2.24, 2.45) is 5.92 Å². The van der Waals surface area contributed by atoms with Gasteiger partial charge in [-0.15, -0.1) is 0 Å². The van der Waals surface area contributed by atoms with E-state index in [0.717, 1.165) is 12.3 Å². The first-order valence-electron chi connectivity index (χ1n) is 23.3. The topological polar surface area (TPSA) is 26.3 Å². The van der Waals surface area contributed by atoms with E-state index in [1.807, 2.05) is 0 Å². The van der Waals surface area contributed by atoms with E-state index in [9.17, 15) is 4.79 Å². The van der Waals surface area contributed by atoms with E-state index in [0.29, 0.717) is 12.4 Å². The molecule has 0 radical (unpaired) electrons. The molecular weight excluding hydrogens is 735 g/mol. The van der Waals surface area contributed by atoms with Gasteiger partial charge >= 0.3 is 326 Å². The summed E-state index contributed by atoms with van der Waals surface area (Å²) >= 11 is -2.53. The fourth-order valence-electron chi connectivity index (χ4n) is 7.67. The van der Waals surface area contributed by atoms with Crippen molar-refractivity contribution >= 4 is 31.9 Å². The molecule has 0 rings (SSSR count). The molecule has 50 heavy (non-hydrogen) atoms. The molecule has 0 aliphatic heterocycles. The zero-order valence-electron chi connectivity index (χ0n) is 35.4. The molecule has 0 aromatic carbocycles. The molecule has 0 fully saturated rings. The van der Waals surface area contributed by atoms with Gasteiger partial charge in [0.2, 0.25) is 0 Å². The van der Waals surface area contributed by atoms with Crippen molar-refractivity contribution in [3.8, 4) is 0 Å². The Morgan fingerprint density at radius 2 is 0.740 bits per heavy atom.